The van der Waals surface area contributed by atoms with Crippen LogP contribution in [0.1, 0.15) is 110 Å². The highest BCUT2D eigenvalue weighted by Crippen LogP contribution is 2.13. The number of carbonyl (C=O) groups excluding carboxylic acids is 2. The Morgan fingerprint density at radius 2 is 1.17 bits per heavy atom. The van der Waals surface area contributed by atoms with Gasteiger partial charge in [0, 0.05) is 12.5 Å². The van der Waals surface area contributed by atoms with Crippen LogP contribution in [0.5, 0.6) is 0 Å². The van der Waals surface area contributed by atoms with Gasteiger partial charge in [-0.05, 0) is 6.42 Å². The van der Waals surface area contributed by atoms with E-state index in [1.54, 1.807) is 0 Å². The van der Waals surface area contributed by atoms with Crippen molar-refractivity contribution in [3.63, 3.8) is 0 Å². The normalized spacial score (nSPS) is 11.8. The first-order valence-corrected chi connectivity index (χ1v) is 11.7. The van der Waals surface area contributed by atoms with Crippen LogP contribution in [0.4, 0.5) is 0 Å². The van der Waals surface area contributed by atoms with Crippen LogP contribution in [-0.2, 0) is 19.1 Å². The molecule has 0 aromatic heterocycles. The maximum atomic E-state index is 11.6. The van der Waals surface area contributed by atoms with E-state index in [-0.39, 0.29) is 19.2 Å². The Hall–Kier alpha value is -1.36. The van der Waals surface area contributed by atoms with Gasteiger partial charge in [0.25, 0.3) is 0 Å². The molecule has 0 amide bonds. The Morgan fingerprint density at radius 3 is 1.62 bits per heavy atom. The van der Waals surface area contributed by atoms with Gasteiger partial charge in [-0.1, -0.05) is 103 Å². The smallest absolute Gasteiger partial charge is 0.330 e. The summed E-state index contributed by atoms with van der Waals surface area (Å²) in [5.74, 6) is -0.915. The number of aliphatic hydroxyl groups excluding tert-OH is 1. The lowest BCUT2D eigenvalue weighted by Gasteiger charge is -2.11. The molecule has 0 saturated carbocycles. The van der Waals surface area contributed by atoms with E-state index in [0.717, 1.165) is 25.3 Å². The van der Waals surface area contributed by atoms with Crippen molar-refractivity contribution in [2.24, 2.45) is 0 Å². The van der Waals surface area contributed by atoms with E-state index in [4.69, 9.17) is 4.74 Å². The average Bonchev–Trinajstić information content (AvgIpc) is 2.73. The third-order valence-electron chi connectivity index (χ3n) is 5.01. The lowest BCUT2D eigenvalue weighted by atomic mass is 10.0. The molecule has 0 aliphatic rings. The molecule has 0 saturated heterocycles. The zero-order valence-electron chi connectivity index (χ0n) is 18.7. The zero-order valence-corrected chi connectivity index (χ0v) is 18.7. The van der Waals surface area contributed by atoms with Gasteiger partial charge in [-0.15, -0.1) is 0 Å². The maximum absolute atomic E-state index is 11.6. The van der Waals surface area contributed by atoms with Gasteiger partial charge < -0.3 is 14.6 Å². The van der Waals surface area contributed by atoms with Crippen molar-refractivity contribution in [1.82, 2.24) is 0 Å². The summed E-state index contributed by atoms with van der Waals surface area (Å²) in [4.78, 5) is 22.5. The molecular formula is C24H44O5. The third-order valence-corrected chi connectivity index (χ3v) is 5.01. The molecule has 29 heavy (non-hydrogen) atoms. The Balaban J connectivity index is 3.28. The lowest BCUT2D eigenvalue weighted by Crippen LogP contribution is -2.24. The van der Waals surface area contributed by atoms with E-state index < -0.39 is 12.1 Å². The SMILES string of the molecule is C=CC(=O)OCC(O)COC(=O)CCCCCCCCCCCCCCCCC. The fourth-order valence-electron chi connectivity index (χ4n) is 3.19. The van der Waals surface area contributed by atoms with Gasteiger partial charge in [0.2, 0.25) is 0 Å². The molecule has 1 N–H and O–H groups in total. The summed E-state index contributed by atoms with van der Waals surface area (Å²) in [6.45, 7) is 5.17. The van der Waals surface area contributed by atoms with Gasteiger partial charge in [0.15, 0.2) is 0 Å². The maximum Gasteiger partial charge on any atom is 0.330 e. The summed E-state index contributed by atoms with van der Waals surface area (Å²) < 4.78 is 9.66. The molecule has 5 heteroatoms. The van der Waals surface area contributed by atoms with E-state index in [9.17, 15) is 14.7 Å². The number of rotatable bonds is 21. The molecule has 0 aliphatic carbocycles. The Morgan fingerprint density at radius 1 is 0.759 bits per heavy atom. The molecule has 0 spiro atoms. The molecule has 0 aromatic rings. The molecule has 5 nitrogen and oxygen atoms in total. The van der Waals surface area contributed by atoms with Crippen LogP contribution >= 0.6 is 0 Å². The molecule has 0 rings (SSSR count). The van der Waals surface area contributed by atoms with Crippen LogP contribution in [0.2, 0.25) is 0 Å². The minimum absolute atomic E-state index is 0.151. The number of hydrogen-bond acceptors (Lipinski definition) is 5. The number of hydrogen-bond donors (Lipinski definition) is 1. The molecule has 0 heterocycles. The summed E-state index contributed by atoms with van der Waals surface area (Å²) in [6.07, 6.45) is 19.7. The molecule has 1 atom stereocenters. The minimum atomic E-state index is -0.996. The Bertz CT molecular complexity index is 408. The van der Waals surface area contributed by atoms with Crippen LogP contribution in [0.3, 0.4) is 0 Å². The fraction of sp³-hybridized carbons (Fsp3) is 0.833. The highest BCUT2D eigenvalue weighted by atomic mass is 16.6. The van der Waals surface area contributed by atoms with E-state index in [2.05, 4.69) is 18.2 Å². The van der Waals surface area contributed by atoms with Crippen LogP contribution in [0, 0.1) is 0 Å². The predicted molar refractivity (Wildman–Crippen MR) is 118 cm³/mol. The van der Waals surface area contributed by atoms with Crippen molar-refractivity contribution >= 4 is 11.9 Å². The summed E-state index contributed by atoms with van der Waals surface area (Å²) in [7, 11) is 0. The fourth-order valence-corrected chi connectivity index (χ4v) is 3.19. The van der Waals surface area contributed by atoms with E-state index in [1.807, 2.05) is 0 Å². The first-order valence-electron chi connectivity index (χ1n) is 11.7. The average molecular weight is 413 g/mol. The largest absolute Gasteiger partial charge is 0.463 e. The third kappa shape index (κ3) is 21.2. The van der Waals surface area contributed by atoms with Gasteiger partial charge in [0.1, 0.15) is 19.3 Å². The minimum Gasteiger partial charge on any atom is -0.463 e. The summed E-state index contributed by atoms with van der Waals surface area (Å²) in [6, 6.07) is 0. The number of esters is 2. The van der Waals surface area contributed by atoms with Crippen molar-refractivity contribution in [3.05, 3.63) is 12.7 Å². The molecule has 0 bridgehead atoms. The molecule has 0 aromatic carbocycles. The molecule has 1 unspecified atom stereocenters. The lowest BCUT2D eigenvalue weighted by molar-refractivity contribution is -0.150. The van der Waals surface area contributed by atoms with Crippen molar-refractivity contribution in [2.75, 3.05) is 13.2 Å². The molecule has 0 fully saturated rings. The standard InChI is InChI=1S/C24H44O5/c1-3-5-6-7-8-9-10-11-12-13-14-15-16-17-18-19-24(27)29-21-22(25)20-28-23(26)4-2/h4,22,25H,2-3,5-21H2,1H3. The molecule has 0 aliphatic heterocycles. The van der Waals surface area contributed by atoms with E-state index in [0.29, 0.717) is 6.42 Å². The first-order chi connectivity index (χ1) is 14.1. The van der Waals surface area contributed by atoms with Gasteiger partial charge in [-0.3, -0.25) is 4.79 Å². The van der Waals surface area contributed by atoms with E-state index in [1.165, 1.54) is 77.0 Å². The van der Waals surface area contributed by atoms with Crippen molar-refractivity contribution in [3.8, 4) is 0 Å². The number of carbonyl (C=O) groups is 2. The number of aliphatic hydroxyl groups is 1. The van der Waals surface area contributed by atoms with Crippen molar-refractivity contribution in [2.45, 2.75) is 116 Å². The molecule has 0 radical (unpaired) electrons. The predicted octanol–water partition coefficient (Wildman–Crippen LogP) is 5.88. The van der Waals surface area contributed by atoms with Crippen LogP contribution < -0.4 is 0 Å². The summed E-state index contributed by atoms with van der Waals surface area (Å²) >= 11 is 0. The zero-order chi connectivity index (χ0) is 21.6. The number of ether oxygens (including phenoxy) is 2. The van der Waals surface area contributed by atoms with Crippen LogP contribution in [-0.4, -0.2) is 36.4 Å². The second-order valence-corrected chi connectivity index (χ2v) is 7.87. The quantitative estimate of drug-likeness (QED) is 0.145. The van der Waals surface area contributed by atoms with Gasteiger partial charge in [-0.2, -0.15) is 0 Å². The van der Waals surface area contributed by atoms with Crippen molar-refractivity contribution in [1.29, 1.82) is 0 Å². The Kier molecular flexibility index (Phi) is 20.3. The highest BCUT2D eigenvalue weighted by Gasteiger charge is 2.10. The van der Waals surface area contributed by atoms with Crippen LogP contribution in [0.25, 0.3) is 0 Å². The second kappa shape index (κ2) is 21.4. The molecule has 170 valence electrons. The second-order valence-electron chi connectivity index (χ2n) is 7.87. The highest BCUT2D eigenvalue weighted by molar-refractivity contribution is 5.81. The molecular weight excluding hydrogens is 368 g/mol. The topological polar surface area (TPSA) is 72.8 Å². The van der Waals surface area contributed by atoms with Crippen LogP contribution in [0.15, 0.2) is 12.7 Å². The van der Waals surface area contributed by atoms with Gasteiger partial charge in [0.05, 0.1) is 0 Å². The first kappa shape index (κ1) is 27.6. The summed E-state index contributed by atoms with van der Waals surface area (Å²) in [5, 5.41) is 9.56. The monoisotopic (exact) mass is 412 g/mol. The van der Waals surface area contributed by atoms with Gasteiger partial charge in [-0.25, -0.2) is 4.79 Å². The Labute approximate surface area is 178 Å². The summed E-state index contributed by atoms with van der Waals surface area (Å²) in [5.41, 5.74) is 0. The number of unbranched alkanes of at least 4 members (excludes halogenated alkanes) is 14. The van der Waals surface area contributed by atoms with Gasteiger partial charge >= 0.3 is 11.9 Å². The van der Waals surface area contributed by atoms with E-state index >= 15 is 0 Å². The van der Waals surface area contributed by atoms with Crippen molar-refractivity contribution < 1.29 is 24.2 Å².